The summed E-state index contributed by atoms with van der Waals surface area (Å²) in [4.78, 5) is 24.0. The van der Waals surface area contributed by atoms with E-state index in [0.717, 1.165) is 17.5 Å². The van der Waals surface area contributed by atoms with Crippen LogP contribution in [-0.4, -0.2) is 33.3 Å². The average Bonchev–Trinajstić information content (AvgIpc) is 3.13. The molecule has 0 saturated carbocycles. The van der Waals surface area contributed by atoms with Gasteiger partial charge in [-0.2, -0.15) is 0 Å². The van der Waals surface area contributed by atoms with Crippen LogP contribution in [0.2, 0.25) is 5.02 Å². The van der Waals surface area contributed by atoms with Crippen molar-refractivity contribution in [2.45, 2.75) is 37.5 Å². The lowest BCUT2D eigenvalue weighted by molar-refractivity contribution is -0.143. The lowest BCUT2D eigenvalue weighted by Crippen LogP contribution is -2.29. The molecule has 0 bridgehead atoms. The van der Waals surface area contributed by atoms with Crippen LogP contribution in [-0.2, 0) is 32.4 Å². The molecule has 6 nitrogen and oxygen atoms in total. The van der Waals surface area contributed by atoms with Gasteiger partial charge in [0.2, 0.25) is 10.0 Å². The smallest absolute Gasteiger partial charge is 0.306 e. The molecule has 0 amide bonds. The summed E-state index contributed by atoms with van der Waals surface area (Å²) in [6, 6.07) is 11.6. The maximum atomic E-state index is 12.5. The second kappa shape index (κ2) is 9.73. The number of benzene rings is 2. The minimum absolute atomic E-state index is 0.0683. The van der Waals surface area contributed by atoms with Crippen molar-refractivity contribution in [2.24, 2.45) is 5.92 Å². The zero-order valence-electron chi connectivity index (χ0n) is 16.7. The number of fused-ring (bicyclic) bond motifs is 1. The average molecular weight is 450 g/mol. The van der Waals surface area contributed by atoms with Gasteiger partial charge in [0, 0.05) is 23.6 Å². The maximum Gasteiger partial charge on any atom is 0.306 e. The molecule has 3 rings (SSSR count). The molecule has 0 aliphatic heterocycles. The van der Waals surface area contributed by atoms with E-state index in [4.69, 9.17) is 16.3 Å². The number of carbonyl (C=O) groups is 2. The fraction of sp³-hybridized carbons (Fsp3) is 0.364. The summed E-state index contributed by atoms with van der Waals surface area (Å²) in [7, 11) is -3.60. The molecule has 0 aromatic heterocycles. The van der Waals surface area contributed by atoms with Gasteiger partial charge in [0.25, 0.3) is 0 Å². The molecule has 1 N–H and O–H groups in total. The molecule has 1 unspecified atom stereocenters. The first kappa shape index (κ1) is 22.5. The third-order valence-electron chi connectivity index (χ3n) is 5.09. The van der Waals surface area contributed by atoms with Gasteiger partial charge in [-0.3, -0.25) is 9.59 Å². The topological polar surface area (TPSA) is 89.5 Å². The van der Waals surface area contributed by atoms with Crippen molar-refractivity contribution in [3.8, 4) is 0 Å². The molecule has 1 aliphatic carbocycles. The first-order valence-electron chi connectivity index (χ1n) is 9.84. The first-order chi connectivity index (χ1) is 14.3. The van der Waals surface area contributed by atoms with E-state index in [1.54, 1.807) is 25.1 Å². The molecule has 2 aromatic carbocycles. The van der Waals surface area contributed by atoms with Gasteiger partial charge in [-0.25, -0.2) is 13.1 Å². The van der Waals surface area contributed by atoms with Gasteiger partial charge in [-0.15, -0.1) is 0 Å². The quantitative estimate of drug-likeness (QED) is 0.467. The second-order valence-electron chi connectivity index (χ2n) is 7.29. The molecular formula is C22H24ClNO5S. The number of esters is 1. The summed E-state index contributed by atoms with van der Waals surface area (Å²) < 4.78 is 32.4. The predicted molar refractivity (Wildman–Crippen MR) is 114 cm³/mol. The van der Waals surface area contributed by atoms with E-state index in [0.29, 0.717) is 30.2 Å². The van der Waals surface area contributed by atoms with Crippen molar-refractivity contribution in [2.75, 3.05) is 13.2 Å². The summed E-state index contributed by atoms with van der Waals surface area (Å²) in [6.45, 7) is 2.34. The number of ketones is 1. The number of ether oxygens (including phenoxy) is 1. The van der Waals surface area contributed by atoms with Crippen molar-refractivity contribution in [3.63, 3.8) is 0 Å². The Kier molecular flexibility index (Phi) is 7.28. The molecule has 1 atom stereocenters. The number of halogens is 1. The maximum absolute atomic E-state index is 12.5. The monoisotopic (exact) mass is 449 g/mol. The summed E-state index contributed by atoms with van der Waals surface area (Å²) in [5.41, 5.74) is 2.74. The largest absolute Gasteiger partial charge is 0.466 e. The van der Waals surface area contributed by atoms with Crippen LogP contribution in [0.4, 0.5) is 0 Å². The van der Waals surface area contributed by atoms with Gasteiger partial charge in [0.1, 0.15) is 0 Å². The van der Waals surface area contributed by atoms with E-state index in [1.165, 1.54) is 12.1 Å². The number of hydrogen-bond acceptors (Lipinski definition) is 5. The molecular weight excluding hydrogens is 426 g/mol. The Morgan fingerprint density at radius 2 is 1.77 bits per heavy atom. The Morgan fingerprint density at radius 3 is 2.47 bits per heavy atom. The normalized spacial score (nSPS) is 15.6. The van der Waals surface area contributed by atoms with E-state index in [-0.39, 0.29) is 35.4 Å². The molecule has 8 heteroatoms. The van der Waals surface area contributed by atoms with Gasteiger partial charge < -0.3 is 4.74 Å². The van der Waals surface area contributed by atoms with Gasteiger partial charge in [-0.1, -0.05) is 23.7 Å². The molecule has 0 saturated heterocycles. The summed E-state index contributed by atoms with van der Waals surface area (Å²) >= 11 is 5.82. The van der Waals surface area contributed by atoms with E-state index in [9.17, 15) is 18.0 Å². The lowest BCUT2D eigenvalue weighted by atomic mass is 10.0. The molecule has 1 aliphatic rings. The lowest BCUT2D eigenvalue weighted by Gasteiger charge is -2.11. The zero-order valence-corrected chi connectivity index (χ0v) is 18.3. The third-order valence-corrected chi connectivity index (χ3v) is 6.78. The highest BCUT2D eigenvalue weighted by atomic mass is 35.5. The van der Waals surface area contributed by atoms with Crippen LogP contribution < -0.4 is 4.72 Å². The molecule has 0 heterocycles. The van der Waals surface area contributed by atoms with Gasteiger partial charge >= 0.3 is 5.97 Å². The third kappa shape index (κ3) is 5.68. The highest BCUT2D eigenvalue weighted by Gasteiger charge is 2.25. The van der Waals surface area contributed by atoms with Crippen LogP contribution in [0.3, 0.4) is 0 Å². The van der Waals surface area contributed by atoms with Gasteiger partial charge in [0.15, 0.2) is 5.78 Å². The Balaban J connectivity index is 1.57. The van der Waals surface area contributed by atoms with Crippen LogP contribution in [0, 0.1) is 5.92 Å². The number of carbonyl (C=O) groups excluding carboxylic acids is 2. The van der Waals surface area contributed by atoms with Crippen molar-refractivity contribution >= 4 is 33.4 Å². The van der Waals surface area contributed by atoms with E-state index in [2.05, 4.69) is 4.72 Å². The van der Waals surface area contributed by atoms with Crippen LogP contribution in [0.1, 0.15) is 41.3 Å². The SMILES string of the molecule is CCOC(=O)CCC(=O)c1ccc2c(c1)CC(CNS(=O)(=O)c1ccc(Cl)cc1)C2. The number of Topliss-reactive ketones (excluding diaryl/α,β-unsaturated/α-hetero) is 1. The van der Waals surface area contributed by atoms with Crippen molar-refractivity contribution in [1.82, 2.24) is 4.72 Å². The number of hydrogen-bond donors (Lipinski definition) is 1. The van der Waals surface area contributed by atoms with Gasteiger partial charge in [-0.05, 0) is 67.1 Å². The van der Waals surface area contributed by atoms with Crippen LogP contribution in [0.25, 0.3) is 0 Å². The number of nitrogens with one attached hydrogen (secondary N) is 1. The Bertz CT molecular complexity index is 1030. The Labute approximate surface area is 181 Å². The van der Waals surface area contributed by atoms with Crippen molar-refractivity contribution < 1.29 is 22.7 Å². The molecule has 0 fully saturated rings. The highest BCUT2D eigenvalue weighted by Crippen LogP contribution is 2.28. The first-order valence-corrected chi connectivity index (χ1v) is 11.7. The van der Waals surface area contributed by atoms with Crippen LogP contribution >= 0.6 is 11.6 Å². The predicted octanol–water partition coefficient (Wildman–Crippen LogP) is 3.56. The van der Waals surface area contributed by atoms with Crippen LogP contribution in [0.15, 0.2) is 47.4 Å². The van der Waals surface area contributed by atoms with Gasteiger partial charge in [0.05, 0.1) is 17.9 Å². The standard InChI is InChI=1S/C22H24ClNO5S/c1-2-29-22(26)10-9-21(25)17-4-3-16-11-15(12-18(16)13-17)14-24-30(27,28)20-7-5-19(23)6-8-20/h3-8,13,15,24H,2,9-12,14H2,1H3. The summed E-state index contributed by atoms with van der Waals surface area (Å²) in [6.07, 6.45) is 1.62. The van der Waals surface area contributed by atoms with Crippen LogP contribution in [0.5, 0.6) is 0 Å². The fourth-order valence-electron chi connectivity index (χ4n) is 3.54. The molecule has 160 valence electrons. The van der Waals surface area contributed by atoms with E-state index >= 15 is 0 Å². The molecule has 0 radical (unpaired) electrons. The molecule has 0 spiro atoms. The summed E-state index contributed by atoms with van der Waals surface area (Å²) in [5, 5.41) is 0.479. The van der Waals surface area contributed by atoms with E-state index < -0.39 is 10.0 Å². The minimum atomic E-state index is -3.60. The van der Waals surface area contributed by atoms with Crippen molar-refractivity contribution in [3.05, 3.63) is 64.2 Å². The Hall–Kier alpha value is -2.22. The minimum Gasteiger partial charge on any atom is -0.466 e. The summed E-state index contributed by atoms with van der Waals surface area (Å²) in [5.74, 6) is -0.357. The molecule has 2 aromatic rings. The zero-order chi connectivity index (χ0) is 21.7. The second-order valence-corrected chi connectivity index (χ2v) is 9.50. The van der Waals surface area contributed by atoms with Crippen molar-refractivity contribution in [1.29, 1.82) is 0 Å². The Morgan fingerprint density at radius 1 is 1.07 bits per heavy atom. The molecule has 30 heavy (non-hydrogen) atoms. The number of rotatable bonds is 9. The van der Waals surface area contributed by atoms with E-state index in [1.807, 2.05) is 12.1 Å². The highest BCUT2D eigenvalue weighted by molar-refractivity contribution is 7.89. The number of sulfonamides is 1. The fourth-order valence-corrected chi connectivity index (χ4v) is 4.79.